The summed E-state index contributed by atoms with van der Waals surface area (Å²) in [5.41, 5.74) is 1.49. The van der Waals surface area contributed by atoms with Crippen molar-refractivity contribution < 1.29 is 9.59 Å². The van der Waals surface area contributed by atoms with E-state index in [-0.39, 0.29) is 11.8 Å². The Morgan fingerprint density at radius 2 is 1.52 bits per heavy atom. The standard InChI is InChI=1S/C17H16Cl2N2O2/c1-2-7-20-16(22)11-3-5-15(6-4-11)21-17(23)12-8-13(18)10-14(19)9-12/h3-6,8-10H,2,7H2,1H3,(H,20,22)(H,21,23). The second-order valence-electron chi connectivity index (χ2n) is 4.95. The molecular weight excluding hydrogens is 335 g/mol. The Hall–Kier alpha value is -2.04. The molecule has 0 radical (unpaired) electrons. The van der Waals surface area contributed by atoms with Gasteiger partial charge in [0.05, 0.1) is 0 Å². The summed E-state index contributed by atoms with van der Waals surface area (Å²) >= 11 is 11.8. The van der Waals surface area contributed by atoms with Crippen LogP contribution in [0.1, 0.15) is 34.1 Å². The van der Waals surface area contributed by atoms with Gasteiger partial charge in [-0.15, -0.1) is 0 Å². The van der Waals surface area contributed by atoms with Gasteiger partial charge < -0.3 is 10.6 Å². The summed E-state index contributed by atoms with van der Waals surface area (Å²) in [6.45, 7) is 2.62. The van der Waals surface area contributed by atoms with Crippen LogP contribution in [-0.2, 0) is 0 Å². The normalized spacial score (nSPS) is 10.2. The lowest BCUT2D eigenvalue weighted by Gasteiger charge is -2.08. The third-order valence-corrected chi connectivity index (χ3v) is 3.50. The van der Waals surface area contributed by atoms with Crippen LogP contribution < -0.4 is 10.6 Å². The molecule has 0 atom stereocenters. The zero-order valence-corrected chi connectivity index (χ0v) is 14.0. The average molecular weight is 351 g/mol. The highest BCUT2D eigenvalue weighted by Crippen LogP contribution is 2.20. The fraction of sp³-hybridized carbons (Fsp3) is 0.176. The molecule has 2 aromatic carbocycles. The molecule has 2 amide bonds. The SMILES string of the molecule is CCCNC(=O)c1ccc(NC(=O)c2cc(Cl)cc(Cl)c2)cc1. The molecule has 23 heavy (non-hydrogen) atoms. The number of carbonyl (C=O) groups excluding carboxylic acids is 2. The summed E-state index contributed by atoms with van der Waals surface area (Å²) in [6, 6.07) is 11.3. The zero-order valence-electron chi connectivity index (χ0n) is 12.5. The van der Waals surface area contributed by atoms with E-state index >= 15 is 0 Å². The lowest BCUT2D eigenvalue weighted by atomic mass is 10.1. The van der Waals surface area contributed by atoms with Gasteiger partial charge in [-0.05, 0) is 48.9 Å². The first-order valence-electron chi connectivity index (χ1n) is 7.15. The van der Waals surface area contributed by atoms with E-state index in [1.165, 1.54) is 12.1 Å². The van der Waals surface area contributed by atoms with Crippen LogP contribution >= 0.6 is 23.2 Å². The van der Waals surface area contributed by atoms with Crippen LogP contribution in [-0.4, -0.2) is 18.4 Å². The van der Waals surface area contributed by atoms with Gasteiger partial charge in [0.1, 0.15) is 0 Å². The molecular formula is C17H16Cl2N2O2. The van der Waals surface area contributed by atoms with Gasteiger partial charge in [0.15, 0.2) is 0 Å². The van der Waals surface area contributed by atoms with E-state index < -0.39 is 0 Å². The minimum absolute atomic E-state index is 0.133. The van der Waals surface area contributed by atoms with E-state index in [4.69, 9.17) is 23.2 Å². The maximum Gasteiger partial charge on any atom is 0.255 e. The van der Waals surface area contributed by atoms with Gasteiger partial charge >= 0.3 is 0 Å². The summed E-state index contributed by atoms with van der Waals surface area (Å²) < 4.78 is 0. The zero-order chi connectivity index (χ0) is 16.8. The molecule has 0 heterocycles. The van der Waals surface area contributed by atoms with Crippen molar-refractivity contribution in [2.75, 3.05) is 11.9 Å². The Labute approximate surface area is 144 Å². The van der Waals surface area contributed by atoms with Crippen LogP contribution in [0.5, 0.6) is 0 Å². The van der Waals surface area contributed by atoms with E-state index in [1.807, 2.05) is 6.92 Å². The fourth-order valence-electron chi connectivity index (χ4n) is 1.93. The number of hydrogen-bond donors (Lipinski definition) is 2. The number of carbonyl (C=O) groups is 2. The highest BCUT2D eigenvalue weighted by Gasteiger charge is 2.09. The van der Waals surface area contributed by atoms with E-state index in [9.17, 15) is 9.59 Å². The van der Waals surface area contributed by atoms with Crippen molar-refractivity contribution in [3.8, 4) is 0 Å². The third kappa shape index (κ3) is 4.98. The van der Waals surface area contributed by atoms with Crippen LogP contribution in [0.3, 0.4) is 0 Å². The number of rotatable bonds is 5. The molecule has 2 N–H and O–H groups in total. The molecule has 0 aromatic heterocycles. The number of halogens is 2. The first-order chi connectivity index (χ1) is 11.0. The molecule has 0 aliphatic rings. The molecule has 2 rings (SSSR count). The first-order valence-corrected chi connectivity index (χ1v) is 7.91. The van der Waals surface area contributed by atoms with E-state index in [2.05, 4.69) is 10.6 Å². The van der Waals surface area contributed by atoms with Crippen LogP contribution in [0.2, 0.25) is 10.0 Å². The molecule has 0 bridgehead atoms. The van der Waals surface area contributed by atoms with E-state index in [0.717, 1.165) is 6.42 Å². The largest absolute Gasteiger partial charge is 0.352 e. The van der Waals surface area contributed by atoms with Gasteiger partial charge in [-0.3, -0.25) is 9.59 Å². The number of hydrogen-bond acceptors (Lipinski definition) is 2. The van der Waals surface area contributed by atoms with E-state index in [1.54, 1.807) is 30.3 Å². The van der Waals surface area contributed by atoms with Crippen LogP contribution in [0.25, 0.3) is 0 Å². The maximum atomic E-state index is 12.2. The third-order valence-electron chi connectivity index (χ3n) is 3.07. The van der Waals surface area contributed by atoms with Crippen molar-refractivity contribution in [1.82, 2.24) is 5.32 Å². The van der Waals surface area contributed by atoms with Gasteiger partial charge in [0.25, 0.3) is 11.8 Å². The molecule has 0 aliphatic heterocycles. The molecule has 0 saturated heterocycles. The predicted molar refractivity (Wildman–Crippen MR) is 93.5 cm³/mol. The van der Waals surface area contributed by atoms with Gasteiger partial charge in [0.2, 0.25) is 0 Å². The number of amides is 2. The van der Waals surface area contributed by atoms with Gasteiger partial charge in [-0.25, -0.2) is 0 Å². The number of anilines is 1. The first kappa shape index (κ1) is 17.3. The van der Waals surface area contributed by atoms with Crippen LogP contribution in [0.15, 0.2) is 42.5 Å². The second-order valence-corrected chi connectivity index (χ2v) is 5.82. The Morgan fingerprint density at radius 3 is 2.09 bits per heavy atom. The van der Waals surface area contributed by atoms with Gasteiger partial charge in [0, 0.05) is 33.4 Å². The smallest absolute Gasteiger partial charge is 0.255 e. The topological polar surface area (TPSA) is 58.2 Å². The van der Waals surface area contributed by atoms with Gasteiger partial charge in [-0.1, -0.05) is 30.1 Å². The monoisotopic (exact) mass is 350 g/mol. The highest BCUT2D eigenvalue weighted by molar-refractivity contribution is 6.35. The molecule has 2 aromatic rings. The number of nitrogens with one attached hydrogen (secondary N) is 2. The summed E-state index contributed by atoms with van der Waals surface area (Å²) in [7, 11) is 0. The number of benzene rings is 2. The summed E-state index contributed by atoms with van der Waals surface area (Å²) in [6.07, 6.45) is 0.877. The molecule has 0 aliphatic carbocycles. The highest BCUT2D eigenvalue weighted by atomic mass is 35.5. The average Bonchev–Trinajstić information content (AvgIpc) is 2.52. The lowest BCUT2D eigenvalue weighted by Crippen LogP contribution is -2.23. The summed E-state index contributed by atoms with van der Waals surface area (Å²) in [5, 5.41) is 6.31. The summed E-state index contributed by atoms with van der Waals surface area (Å²) in [5.74, 6) is -0.455. The lowest BCUT2D eigenvalue weighted by molar-refractivity contribution is 0.0953. The Kier molecular flexibility index (Phi) is 6.02. The fourth-order valence-corrected chi connectivity index (χ4v) is 2.46. The molecule has 0 fully saturated rings. The predicted octanol–water partition coefficient (Wildman–Crippen LogP) is 4.39. The molecule has 120 valence electrons. The molecule has 4 nitrogen and oxygen atoms in total. The van der Waals surface area contributed by atoms with E-state index in [0.29, 0.717) is 33.4 Å². The van der Waals surface area contributed by atoms with Crippen molar-refractivity contribution in [2.24, 2.45) is 0 Å². The Balaban J connectivity index is 2.05. The molecule has 0 unspecified atom stereocenters. The molecule has 0 spiro atoms. The minimum Gasteiger partial charge on any atom is -0.352 e. The minimum atomic E-state index is -0.322. The van der Waals surface area contributed by atoms with Crippen molar-refractivity contribution in [3.63, 3.8) is 0 Å². The van der Waals surface area contributed by atoms with Gasteiger partial charge in [-0.2, -0.15) is 0 Å². The molecule has 6 heteroatoms. The summed E-state index contributed by atoms with van der Waals surface area (Å²) in [4.78, 5) is 24.0. The maximum absolute atomic E-state index is 12.2. The second kappa shape index (κ2) is 7.99. The molecule has 0 saturated carbocycles. The van der Waals surface area contributed by atoms with Crippen molar-refractivity contribution in [3.05, 3.63) is 63.6 Å². The Morgan fingerprint density at radius 1 is 0.913 bits per heavy atom. The Bertz CT molecular complexity index is 695. The van der Waals surface area contributed by atoms with Crippen molar-refractivity contribution >= 4 is 40.7 Å². The van der Waals surface area contributed by atoms with Crippen molar-refractivity contribution in [1.29, 1.82) is 0 Å². The van der Waals surface area contributed by atoms with Crippen LogP contribution in [0.4, 0.5) is 5.69 Å². The quantitative estimate of drug-likeness (QED) is 0.840. The van der Waals surface area contributed by atoms with Crippen molar-refractivity contribution in [2.45, 2.75) is 13.3 Å². The van der Waals surface area contributed by atoms with Crippen LogP contribution in [0, 0.1) is 0 Å².